The summed E-state index contributed by atoms with van der Waals surface area (Å²) in [7, 11) is 5.47. The molecular weight excluding hydrogens is 307 g/mol. The number of ether oxygens (including phenoxy) is 1. The molecule has 2 radical (unpaired) electrons. The summed E-state index contributed by atoms with van der Waals surface area (Å²) in [6.45, 7) is 5.14. The van der Waals surface area contributed by atoms with Crippen molar-refractivity contribution in [2.45, 2.75) is 123 Å². The van der Waals surface area contributed by atoms with E-state index in [-0.39, 0.29) is 5.97 Å². The van der Waals surface area contributed by atoms with Crippen LogP contribution in [0.5, 0.6) is 0 Å². The Balaban J connectivity index is 3.80. The molecule has 0 rings (SSSR count). The molecule has 0 bridgehead atoms. The van der Waals surface area contributed by atoms with Crippen LogP contribution in [0.4, 0.5) is 0 Å². The highest BCUT2D eigenvalue weighted by atomic mass is 16.5. The third-order valence-electron chi connectivity index (χ3n) is 5.06. The summed E-state index contributed by atoms with van der Waals surface area (Å²) in [4.78, 5) is 11.8. The fourth-order valence-electron chi connectivity index (χ4n) is 3.33. The standard InChI is InChI=1S/C22H43BO2/c1-3-5-7-8-12-16-21(15-11-6-4-2)18-20-25-22(24)17-13-9-10-14-19-23/h21H,3-20H2,1-2H3. The molecule has 0 aliphatic carbocycles. The Morgan fingerprint density at radius 3 is 2.00 bits per heavy atom. The van der Waals surface area contributed by atoms with E-state index in [1.807, 2.05) is 0 Å². The van der Waals surface area contributed by atoms with Crippen molar-refractivity contribution >= 4 is 13.8 Å². The van der Waals surface area contributed by atoms with Gasteiger partial charge >= 0.3 is 5.97 Å². The van der Waals surface area contributed by atoms with Crippen molar-refractivity contribution in [3.63, 3.8) is 0 Å². The van der Waals surface area contributed by atoms with Gasteiger partial charge in [-0.2, -0.15) is 0 Å². The maximum atomic E-state index is 11.8. The molecule has 0 spiro atoms. The van der Waals surface area contributed by atoms with Crippen molar-refractivity contribution in [2.24, 2.45) is 5.92 Å². The van der Waals surface area contributed by atoms with Crippen LogP contribution in [0.2, 0.25) is 6.32 Å². The van der Waals surface area contributed by atoms with Crippen LogP contribution >= 0.6 is 0 Å². The predicted molar refractivity (Wildman–Crippen MR) is 110 cm³/mol. The lowest BCUT2D eigenvalue weighted by Crippen LogP contribution is -2.10. The van der Waals surface area contributed by atoms with Gasteiger partial charge in [0, 0.05) is 6.42 Å². The molecule has 0 saturated carbocycles. The first kappa shape index (κ1) is 24.5. The summed E-state index contributed by atoms with van der Waals surface area (Å²) in [5.41, 5.74) is 0. The number of carbonyl (C=O) groups excluding carboxylic acids is 1. The summed E-state index contributed by atoms with van der Waals surface area (Å²) in [6, 6.07) is 0. The van der Waals surface area contributed by atoms with Crippen LogP contribution < -0.4 is 0 Å². The van der Waals surface area contributed by atoms with Gasteiger partial charge in [-0.3, -0.25) is 4.79 Å². The highest BCUT2D eigenvalue weighted by molar-refractivity contribution is 6.08. The van der Waals surface area contributed by atoms with E-state index in [0.717, 1.165) is 44.3 Å². The van der Waals surface area contributed by atoms with Crippen LogP contribution in [-0.2, 0) is 9.53 Å². The third-order valence-corrected chi connectivity index (χ3v) is 5.06. The zero-order valence-electron chi connectivity index (χ0n) is 17.2. The first-order chi connectivity index (χ1) is 12.2. The number of esters is 1. The SMILES string of the molecule is [B]CCCCCCC(=O)OCCC(CCCCC)CCCCCCC. The molecule has 0 saturated heterocycles. The highest BCUT2D eigenvalue weighted by Gasteiger charge is 2.10. The number of hydrogen-bond acceptors (Lipinski definition) is 2. The molecule has 0 amide bonds. The Labute approximate surface area is 159 Å². The Morgan fingerprint density at radius 2 is 1.32 bits per heavy atom. The lowest BCUT2D eigenvalue weighted by atomic mass is 9.92. The molecule has 3 heteroatoms. The number of carbonyl (C=O) groups is 1. The molecule has 0 aliphatic rings. The van der Waals surface area contributed by atoms with E-state index in [2.05, 4.69) is 13.8 Å². The summed E-state index contributed by atoms with van der Waals surface area (Å²) in [5, 5.41) is 0. The molecule has 146 valence electrons. The minimum atomic E-state index is -0.0111. The van der Waals surface area contributed by atoms with E-state index in [1.54, 1.807) is 0 Å². The molecule has 1 unspecified atom stereocenters. The lowest BCUT2D eigenvalue weighted by molar-refractivity contribution is -0.144. The largest absolute Gasteiger partial charge is 0.466 e. The second-order valence-electron chi connectivity index (χ2n) is 7.53. The Hall–Kier alpha value is -0.465. The first-order valence-electron chi connectivity index (χ1n) is 11.1. The van der Waals surface area contributed by atoms with Gasteiger partial charge in [-0.1, -0.05) is 104 Å². The maximum Gasteiger partial charge on any atom is 0.305 e. The average Bonchev–Trinajstić information content (AvgIpc) is 2.61. The van der Waals surface area contributed by atoms with Gasteiger partial charge in [0.15, 0.2) is 0 Å². The normalized spacial score (nSPS) is 12.2. The molecular formula is C22H43BO2. The van der Waals surface area contributed by atoms with Crippen LogP contribution in [0.3, 0.4) is 0 Å². The van der Waals surface area contributed by atoms with Crippen molar-refractivity contribution in [2.75, 3.05) is 6.61 Å². The summed E-state index contributed by atoms with van der Waals surface area (Å²) < 4.78 is 5.47. The average molecular weight is 350 g/mol. The molecule has 0 aromatic heterocycles. The van der Waals surface area contributed by atoms with Crippen molar-refractivity contribution in [1.29, 1.82) is 0 Å². The quantitative estimate of drug-likeness (QED) is 0.142. The van der Waals surface area contributed by atoms with E-state index >= 15 is 0 Å². The van der Waals surface area contributed by atoms with Gasteiger partial charge in [0.1, 0.15) is 0 Å². The summed E-state index contributed by atoms with van der Waals surface area (Å²) >= 11 is 0. The molecule has 0 fully saturated rings. The fourth-order valence-corrected chi connectivity index (χ4v) is 3.33. The zero-order chi connectivity index (χ0) is 18.6. The minimum absolute atomic E-state index is 0.0111. The molecule has 25 heavy (non-hydrogen) atoms. The fraction of sp³-hybridized carbons (Fsp3) is 0.955. The molecule has 0 heterocycles. The van der Waals surface area contributed by atoms with E-state index < -0.39 is 0 Å². The van der Waals surface area contributed by atoms with Gasteiger partial charge in [-0.25, -0.2) is 0 Å². The zero-order valence-corrected chi connectivity index (χ0v) is 17.2. The van der Waals surface area contributed by atoms with Crippen LogP contribution in [0.15, 0.2) is 0 Å². The van der Waals surface area contributed by atoms with Gasteiger partial charge in [0.2, 0.25) is 0 Å². The van der Waals surface area contributed by atoms with Crippen LogP contribution in [0.1, 0.15) is 117 Å². The van der Waals surface area contributed by atoms with E-state index in [9.17, 15) is 4.79 Å². The van der Waals surface area contributed by atoms with Crippen LogP contribution in [-0.4, -0.2) is 20.4 Å². The Kier molecular flexibility index (Phi) is 19.5. The Bertz CT molecular complexity index is 281. The minimum Gasteiger partial charge on any atom is -0.466 e. The molecule has 0 aliphatic heterocycles. The van der Waals surface area contributed by atoms with Gasteiger partial charge < -0.3 is 4.74 Å². The van der Waals surface area contributed by atoms with Crippen molar-refractivity contribution in [1.82, 2.24) is 0 Å². The number of rotatable bonds is 19. The van der Waals surface area contributed by atoms with Crippen molar-refractivity contribution in [3.8, 4) is 0 Å². The summed E-state index contributed by atoms with van der Waals surface area (Å²) in [5.74, 6) is 0.730. The monoisotopic (exact) mass is 350 g/mol. The van der Waals surface area contributed by atoms with Crippen LogP contribution in [0.25, 0.3) is 0 Å². The van der Waals surface area contributed by atoms with Gasteiger partial charge in [0.05, 0.1) is 14.5 Å². The predicted octanol–water partition coefficient (Wildman–Crippen LogP) is 7.01. The molecule has 1 atom stereocenters. The van der Waals surface area contributed by atoms with E-state index in [1.165, 1.54) is 64.2 Å². The smallest absolute Gasteiger partial charge is 0.305 e. The number of unbranched alkanes of at least 4 members (excludes halogenated alkanes) is 9. The molecule has 2 nitrogen and oxygen atoms in total. The van der Waals surface area contributed by atoms with Gasteiger partial charge in [-0.15, -0.1) is 0 Å². The topological polar surface area (TPSA) is 26.3 Å². The molecule has 0 aromatic rings. The summed E-state index contributed by atoms with van der Waals surface area (Å²) in [6.07, 6.45) is 19.9. The van der Waals surface area contributed by atoms with E-state index in [0.29, 0.717) is 13.0 Å². The Morgan fingerprint density at radius 1 is 0.760 bits per heavy atom. The number of hydrogen-bond donors (Lipinski definition) is 0. The van der Waals surface area contributed by atoms with Crippen LogP contribution in [0, 0.1) is 5.92 Å². The second kappa shape index (κ2) is 19.9. The second-order valence-corrected chi connectivity index (χ2v) is 7.53. The first-order valence-corrected chi connectivity index (χ1v) is 11.1. The molecule has 0 aromatic carbocycles. The van der Waals surface area contributed by atoms with Crippen molar-refractivity contribution < 1.29 is 9.53 Å². The third kappa shape index (κ3) is 18.1. The van der Waals surface area contributed by atoms with Gasteiger partial charge in [-0.05, 0) is 18.8 Å². The molecule has 0 N–H and O–H groups in total. The van der Waals surface area contributed by atoms with E-state index in [4.69, 9.17) is 12.6 Å². The van der Waals surface area contributed by atoms with Crippen molar-refractivity contribution in [3.05, 3.63) is 0 Å². The maximum absolute atomic E-state index is 11.8. The highest BCUT2D eigenvalue weighted by Crippen LogP contribution is 2.21. The lowest BCUT2D eigenvalue weighted by Gasteiger charge is -2.17. The van der Waals surface area contributed by atoms with Gasteiger partial charge in [0.25, 0.3) is 0 Å².